The van der Waals surface area contributed by atoms with E-state index in [1.165, 1.54) is 62.1 Å². The molecule has 1 saturated heterocycles. The molecule has 1 aromatic rings. The maximum absolute atomic E-state index is 12.1. The van der Waals surface area contributed by atoms with E-state index >= 15 is 0 Å². The van der Waals surface area contributed by atoms with Crippen molar-refractivity contribution < 1.29 is 14.6 Å². The molecule has 29 heavy (non-hydrogen) atoms. The molecule has 1 aromatic heterocycles. The van der Waals surface area contributed by atoms with Gasteiger partial charge in [-0.05, 0) is 13.3 Å². The summed E-state index contributed by atoms with van der Waals surface area (Å²) >= 11 is 0. The quantitative estimate of drug-likeness (QED) is 0.458. The van der Waals surface area contributed by atoms with E-state index < -0.39 is 23.6 Å². The molecule has 1 aliphatic heterocycles. The first-order valence-electron chi connectivity index (χ1n) is 11.3. The van der Waals surface area contributed by atoms with Crippen molar-refractivity contribution in [3.8, 4) is 0 Å². The van der Waals surface area contributed by atoms with Crippen molar-refractivity contribution in [3.05, 3.63) is 32.6 Å². The molecule has 0 saturated carbocycles. The molecule has 1 aliphatic rings. The number of aromatic amines is 1. The topological polar surface area (TPSA) is 93.6 Å². The number of aliphatic hydroxyl groups excluding tert-OH is 1. The molecule has 7 nitrogen and oxygen atoms in total. The number of hydrogen-bond donors (Lipinski definition) is 2. The normalized spacial score (nSPS) is 21.7. The van der Waals surface area contributed by atoms with Gasteiger partial charge in [0.1, 0.15) is 12.3 Å². The molecule has 3 atom stereocenters. The Balaban J connectivity index is 1.66. The standard InChI is InChI=1S/C22H38N2O5/c1-3-4-5-6-7-8-9-10-11-12-13-28-18-14-20(29-19(18)16-25)24-15-17(2)21(26)23-22(24)27/h15,18-20,25H,3-14,16H2,1-2H3,(H,23,26,27)/t18?,19-,20-/m1/s1. The van der Waals surface area contributed by atoms with E-state index in [1.807, 2.05) is 0 Å². The monoisotopic (exact) mass is 410 g/mol. The Morgan fingerprint density at radius 3 is 2.34 bits per heavy atom. The van der Waals surface area contributed by atoms with Gasteiger partial charge in [-0.3, -0.25) is 14.3 Å². The molecule has 0 spiro atoms. The van der Waals surface area contributed by atoms with Crippen molar-refractivity contribution in [2.45, 2.75) is 103 Å². The van der Waals surface area contributed by atoms with Crippen LogP contribution >= 0.6 is 0 Å². The van der Waals surface area contributed by atoms with Crippen molar-refractivity contribution in [2.24, 2.45) is 0 Å². The zero-order chi connectivity index (χ0) is 21.1. The molecule has 1 unspecified atom stereocenters. The molecule has 2 rings (SSSR count). The average molecular weight is 411 g/mol. The third kappa shape index (κ3) is 7.72. The lowest BCUT2D eigenvalue weighted by Gasteiger charge is -2.16. The van der Waals surface area contributed by atoms with Gasteiger partial charge in [0.2, 0.25) is 0 Å². The molecule has 0 aromatic carbocycles. The summed E-state index contributed by atoms with van der Waals surface area (Å²) in [6.07, 6.45) is 13.5. The highest BCUT2D eigenvalue weighted by Gasteiger charge is 2.37. The molecule has 0 aliphatic carbocycles. The number of hydrogen-bond acceptors (Lipinski definition) is 5. The SMILES string of the molecule is CCCCCCCCCCCCOC1C[C@H](n2cc(C)c(=O)[nH]c2=O)O[C@@H]1CO. The zero-order valence-electron chi connectivity index (χ0n) is 18.0. The number of unbranched alkanes of at least 4 members (excludes halogenated alkanes) is 9. The van der Waals surface area contributed by atoms with Crippen molar-refractivity contribution in [2.75, 3.05) is 13.2 Å². The lowest BCUT2D eigenvalue weighted by molar-refractivity contribution is -0.0626. The lowest BCUT2D eigenvalue weighted by Crippen LogP contribution is -2.33. The van der Waals surface area contributed by atoms with Gasteiger partial charge in [-0.1, -0.05) is 64.7 Å². The highest BCUT2D eigenvalue weighted by Crippen LogP contribution is 2.29. The van der Waals surface area contributed by atoms with E-state index in [9.17, 15) is 14.7 Å². The van der Waals surface area contributed by atoms with Crippen molar-refractivity contribution in [1.82, 2.24) is 9.55 Å². The summed E-state index contributed by atoms with van der Waals surface area (Å²) in [5.41, 5.74) is -0.446. The van der Waals surface area contributed by atoms with Crippen LogP contribution in [0, 0.1) is 6.92 Å². The third-order valence-corrected chi connectivity index (χ3v) is 5.65. The Hall–Kier alpha value is -1.44. The van der Waals surface area contributed by atoms with Crippen LogP contribution in [0.5, 0.6) is 0 Å². The number of nitrogens with zero attached hydrogens (tertiary/aromatic N) is 1. The Morgan fingerprint density at radius 1 is 1.10 bits per heavy atom. The molecule has 2 heterocycles. The van der Waals surface area contributed by atoms with Crippen molar-refractivity contribution in [1.29, 1.82) is 0 Å². The molecule has 1 fully saturated rings. The molecular weight excluding hydrogens is 372 g/mol. The van der Waals surface area contributed by atoms with Gasteiger partial charge >= 0.3 is 5.69 Å². The fourth-order valence-corrected chi connectivity index (χ4v) is 3.83. The summed E-state index contributed by atoms with van der Waals surface area (Å²) < 4.78 is 13.1. The van der Waals surface area contributed by atoms with Crippen LogP contribution in [0.15, 0.2) is 15.8 Å². The Bertz CT molecular complexity index is 699. The van der Waals surface area contributed by atoms with E-state index in [4.69, 9.17) is 9.47 Å². The van der Waals surface area contributed by atoms with Gasteiger partial charge in [0.15, 0.2) is 0 Å². The molecule has 0 amide bonds. The van der Waals surface area contributed by atoms with Crippen LogP contribution < -0.4 is 11.2 Å². The van der Waals surface area contributed by atoms with Gasteiger partial charge in [0.05, 0.1) is 12.7 Å². The number of H-pyrrole nitrogens is 1. The summed E-state index contributed by atoms with van der Waals surface area (Å²) in [6, 6.07) is 0. The Kier molecular flexibility index (Phi) is 10.7. The second kappa shape index (κ2) is 13.0. The predicted octanol–water partition coefficient (Wildman–Crippen LogP) is 3.43. The highest BCUT2D eigenvalue weighted by molar-refractivity contribution is 5.02. The summed E-state index contributed by atoms with van der Waals surface area (Å²) in [7, 11) is 0. The van der Waals surface area contributed by atoms with Gasteiger partial charge < -0.3 is 14.6 Å². The van der Waals surface area contributed by atoms with Crippen LogP contribution in [0.25, 0.3) is 0 Å². The number of aryl methyl sites for hydroxylation is 1. The van der Waals surface area contributed by atoms with E-state index in [2.05, 4.69) is 11.9 Å². The first-order chi connectivity index (χ1) is 14.1. The third-order valence-electron chi connectivity index (χ3n) is 5.65. The second-order valence-corrected chi connectivity index (χ2v) is 8.12. The number of rotatable bonds is 14. The number of ether oxygens (including phenoxy) is 2. The van der Waals surface area contributed by atoms with Gasteiger partial charge in [-0.25, -0.2) is 4.79 Å². The van der Waals surface area contributed by atoms with Crippen LogP contribution in [0.3, 0.4) is 0 Å². The second-order valence-electron chi connectivity index (χ2n) is 8.12. The molecule has 0 bridgehead atoms. The molecule has 7 heteroatoms. The molecule has 166 valence electrons. The van der Waals surface area contributed by atoms with Crippen LogP contribution in [-0.2, 0) is 9.47 Å². The fourth-order valence-electron chi connectivity index (χ4n) is 3.83. The highest BCUT2D eigenvalue weighted by atomic mass is 16.6. The first-order valence-corrected chi connectivity index (χ1v) is 11.3. The summed E-state index contributed by atoms with van der Waals surface area (Å²) in [5, 5.41) is 9.60. The van der Waals surface area contributed by atoms with Crippen molar-refractivity contribution >= 4 is 0 Å². The molecular formula is C22H38N2O5. The van der Waals surface area contributed by atoms with Gasteiger partial charge in [0, 0.05) is 24.8 Å². The molecule has 0 radical (unpaired) electrons. The smallest absolute Gasteiger partial charge is 0.330 e. The van der Waals surface area contributed by atoms with Crippen molar-refractivity contribution in [3.63, 3.8) is 0 Å². The average Bonchev–Trinajstić information content (AvgIpc) is 3.11. The number of aromatic nitrogens is 2. The maximum Gasteiger partial charge on any atom is 0.330 e. The largest absolute Gasteiger partial charge is 0.394 e. The van der Waals surface area contributed by atoms with Gasteiger partial charge in [0.25, 0.3) is 5.56 Å². The van der Waals surface area contributed by atoms with Gasteiger partial charge in [-0.15, -0.1) is 0 Å². The van der Waals surface area contributed by atoms with E-state index in [1.54, 1.807) is 6.92 Å². The maximum atomic E-state index is 12.1. The van der Waals surface area contributed by atoms with E-state index in [0.29, 0.717) is 18.6 Å². The minimum Gasteiger partial charge on any atom is -0.394 e. The summed E-state index contributed by atoms with van der Waals surface area (Å²) in [6.45, 7) is 4.36. The Morgan fingerprint density at radius 2 is 1.72 bits per heavy atom. The van der Waals surface area contributed by atoms with E-state index in [0.717, 1.165) is 12.8 Å². The summed E-state index contributed by atoms with van der Waals surface area (Å²) in [4.78, 5) is 25.9. The lowest BCUT2D eigenvalue weighted by atomic mass is 10.1. The Labute approximate surface area is 173 Å². The minimum atomic E-state index is -0.534. The first kappa shape index (κ1) is 23.8. The van der Waals surface area contributed by atoms with Crippen LogP contribution in [0.2, 0.25) is 0 Å². The van der Waals surface area contributed by atoms with Crippen LogP contribution in [0.4, 0.5) is 0 Å². The van der Waals surface area contributed by atoms with Crippen LogP contribution in [0.1, 0.15) is 89.3 Å². The predicted molar refractivity (Wildman–Crippen MR) is 113 cm³/mol. The number of aliphatic hydroxyl groups is 1. The summed E-state index contributed by atoms with van der Waals surface area (Å²) in [5.74, 6) is 0. The van der Waals surface area contributed by atoms with E-state index in [-0.39, 0.29) is 12.7 Å². The fraction of sp³-hybridized carbons (Fsp3) is 0.818. The van der Waals surface area contributed by atoms with Gasteiger partial charge in [-0.2, -0.15) is 0 Å². The minimum absolute atomic E-state index is 0.156. The molecule has 2 N–H and O–H groups in total. The van der Waals surface area contributed by atoms with Crippen LogP contribution in [-0.4, -0.2) is 40.1 Å². The zero-order valence-corrected chi connectivity index (χ0v) is 18.0. The number of nitrogens with one attached hydrogen (secondary N) is 1.